The molecule has 2 aliphatic rings. The van der Waals surface area contributed by atoms with Crippen LogP contribution in [0.5, 0.6) is 5.75 Å². The van der Waals surface area contributed by atoms with Crippen molar-refractivity contribution in [1.82, 2.24) is 15.1 Å². The van der Waals surface area contributed by atoms with Gasteiger partial charge in [-0.3, -0.25) is 4.79 Å². The number of hydrogen-bond acceptors (Lipinski definition) is 3. The molecule has 3 rings (SSSR count). The smallest absolute Gasteiger partial charge is 0.318 e. The fourth-order valence-electron chi connectivity index (χ4n) is 3.45. The lowest BCUT2D eigenvalue weighted by Gasteiger charge is -2.26. The van der Waals surface area contributed by atoms with Crippen molar-refractivity contribution >= 4 is 11.9 Å². The number of amides is 3. The summed E-state index contributed by atoms with van der Waals surface area (Å²) < 4.78 is 5.70. The van der Waals surface area contributed by atoms with E-state index in [1.807, 2.05) is 54.8 Å². The highest BCUT2D eigenvalue weighted by atomic mass is 16.5. The SMILES string of the molecule is CCOc1ccccc1CN(C(=O)N[C@@H]1CC(=O)N(C(C)C)C1)C1CC1. The second kappa shape index (κ2) is 7.98. The minimum atomic E-state index is -0.110. The second-order valence-corrected chi connectivity index (χ2v) is 7.39. The van der Waals surface area contributed by atoms with Gasteiger partial charge in [0.05, 0.1) is 19.2 Å². The first kappa shape index (κ1) is 18.5. The quantitative estimate of drug-likeness (QED) is 0.814. The number of benzene rings is 1. The van der Waals surface area contributed by atoms with Gasteiger partial charge in [0, 0.05) is 30.6 Å². The Kier molecular flexibility index (Phi) is 5.69. The van der Waals surface area contributed by atoms with E-state index in [0.29, 0.717) is 26.1 Å². The molecule has 0 unspecified atom stereocenters. The molecule has 26 heavy (non-hydrogen) atoms. The minimum Gasteiger partial charge on any atom is -0.494 e. The number of hydrogen-bond donors (Lipinski definition) is 1. The third-order valence-electron chi connectivity index (χ3n) is 4.97. The summed E-state index contributed by atoms with van der Waals surface area (Å²) in [5, 5.41) is 3.07. The Morgan fingerprint density at radius 1 is 1.35 bits per heavy atom. The van der Waals surface area contributed by atoms with E-state index in [4.69, 9.17) is 4.74 Å². The summed E-state index contributed by atoms with van der Waals surface area (Å²) in [5.41, 5.74) is 1.02. The molecule has 0 radical (unpaired) electrons. The molecule has 6 heteroatoms. The number of carbonyl (C=O) groups excluding carboxylic acids is 2. The minimum absolute atomic E-state index is 0.0813. The van der Waals surface area contributed by atoms with Crippen molar-refractivity contribution in [2.24, 2.45) is 0 Å². The van der Waals surface area contributed by atoms with Crippen LogP contribution >= 0.6 is 0 Å². The molecule has 1 aliphatic heterocycles. The number of likely N-dealkylation sites (tertiary alicyclic amines) is 1. The van der Waals surface area contributed by atoms with Crippen LogP contribution in [0, 0.1) is 0 Å². The van der Waals surface area contributed by atoms with Crippen molar-refractivity contribution in [2.45, 2.75) is 64.7 Å². The highest BCUT2D eigenvalue weighted by Crippen LogP contribution is 2.30. The number of nitrogens with zero attached hydrogens (tertiary/aromatic N) is 2. The molecule has 1 saturated heterocycles. The summed E-state index contributed by atoms with van der Waals surface area (Å²) in [6.07, 6.45) is 2.45. The van der Waals surface area contributed by atoms with Gasteiger partial charge in [0.2, 0.25) is 5.91 Å². The van der Waals surface area contributed by atoms with Gasteiger partial charge in [-0.2, -0.15) is 0 Å². The van der Waals surface area contributed by atoms with E-state index < -0.39 is 0 Å². The Bertz CT molecular complexity index is 657. The molecule has 2 fully saturated rings. The van der Waals surface area contributed by atoms with Gasteiger partial charge in [0.25, 0.3) is 0 Å². The van der Waals surface area contributed by atoms with Gasteiger partial charge in [0.15, 0.2) is 0 Å². The van der Waals surface area contributed by atoms with E-state index in [1.165, 1.54) is 0 Å². The summed E-state index contributed by atoms with van der Waals surface area (Å²) in [6.45, 7) is 7.69. The van der Waals surface area contributed by atoms with Crippen molar-refractivity contribution < 1.29 is 14.3 Å². The molecule has 1 saturated carbocycles. The zero-order chi connectivity index (χ0) is 18.7. The lowest BCUT2D eigenvalue weighted by molar-refractivity contribution is -0.129. The van der Waals surface area contributed by atoms with Crippen LogP contribution in [0.4, 0.5) is 4.79 Å². The summed E-state index contributed by atoms with van der Waals surface area (Å²) in [4.78, 5) is 28.7. The van der Waals surface area contributed by atoms with E-state index in [-0.39, 0.29) is 30.1 Å². The van der Waals surface area contributed by atoms with Crippen LogP contribution in [0.1, 0.15) is 45.6 Å². The summed E-state index contributed by atoms with van der Waals surface area (Å²) in [7, 11) is 0. The van der Waals surface area contributed by atoms with E-state index in [9.17, 15) is 9.59 Å². The first-order valence-electron chi connectivity index (χ1n) is 9.57. The van der Waals surface area contributed by atoms with Crippen molar-refractivity contribution in [3.63, 3.8) is 0 Å². The summed E-state index contributed by atoms with van der Waals surface area (Å²) in [6, 6.07) is 8.12. The predicted molar refractivity (Wildman–Crippen MR) is 100.0 cm³/mol. The fourth-order valence-corrected chi connectivity index (χ4v) is 3.45. The molecule has 0 bridgehead atoms. The third-order valence-corrected chi connectivity index (χ3v) is 4.97. The lowest BCUT2D eigenvalue weighted by atomic mass is 10.2. The lowest BCUT2D eigenvalue weighted by Crippen LogP contribution is -2.46. The molecule has 0 spiro atoms. The number of carbonyl (C=O) groups is 2. The molecule has 0 aromatic heterocycles. The second-order valence-electron chi connectivity index (χ2n) is 7.39. The van der Waals surface area contributed by atoms with E-state index >= 15 is 0 Å². The van der Waals surface area contributed by atoms with Crippen molar-refractivity contribution in [3.8, 4) is 5.75 Å². The normalized spacial score (nSPS) is 19.8. The zero-order valence-electron chi connectivity index (χ0n) is 15.9. The molecule has 1 N–H and O–H groups in total. The Hall–Kier alpha value is -2.24. The number of urea groups is 1. The predicted octanol–water partition coefficient (Wildman–Crippen LogP) is 2.77. The molecule has 6 nitrogen and oxygen atoms in total. The zero-order valence-corrected chi connectivity index (χ0v) is 15.9. The third kappa shape index (κ3) is 4.29. The Morgan fingerprint density at radius 2 is 2.08 bits per heavy atom. The molecule has 1 aliphatic carbocycles. The van der Waals surface area contributed by atoms with Crippen LogP contribution in [0.25, 0.3) is 0 Å². The molecular formula is C20H29N3O3. The Balaban J connectivity index is 1.65. The first-order valence-corrected chi connectivity index (χ1v) is 9.57. The molecular weight excluding hydrogens is 330 g/mol. The van der Waals surface area contributed by atoms with Crippen LogP contribution < -0.4 is 10.1 Å². The number of para-hydroxylation sites is 1. The standard InChI is InChI=1S/C20H29N3O3/c1-4-26-18-8-6-5-7-15(18)12-23(17-9-10-17)20(25)21-16-11-19(24)22(13-16)14(2)3/h5-8,14,16-17H,4,9-13H2,1-3H3,(H,21,25)/t16-/m1/s1. The van der Waals surface area contributed by atoms with Crippen molar-refractivity contribution in [3.05, 3.63) is 29.8 Å². The van der Waals surface area contributed by atoms with Crippen molar-refractivity contribution in [2.75, 3.05) is 13.2 Å². The average Bonchev–Trinajstić information content (AvgIpc) is 3.37. The van der Waals surface area contributed by atoms with Crippen LogP contribution in [-0.4, -0.2) is 53.0 Å². The fraction of sp³-hybridized carbons (Fsp3) is 0.600. The highest BCUT2D eigenvalue weighted by Gasteiger charge is 2.37. The van der Waals surface area contributed by atoms with Gasteiger partial charge in [-0.1, -0.05) is 18.2 Å². The molecule has 142 valence electrons. The Morgan fingerprint density at radius 3 is 2.69 bits per heavy atom. The molecule has 1 aromatic carbocycles. The maximum Gasteiger partial charge on any atom is 0.318 e. The van der Waals surface area contributed by atoms with Crippen molar-refractivity contribution in [1.29, 1.82) is 0 Å². The topological polar surface area (TPSA) is 61.9 Å². The molecule has 1 atom stereocenters. The van der Waals surface area contributed by atoms with Crippen LogP contribution in [-0.2, 0) is 11.3 Å². The van der Waals surface area contributed by atoms with E-state index in [1.54, 1.807) is 0 Å². The van der Waals surface area contributed by atoms with Crippen LogP contribution in [0.3, 0.4) is 0 Å². The van der Waals surface area contributed by atoms with Crippen LogP contribution in [0.15, 0.2) is 24.3 Å². The van der Waals surface area contributed by atoms with Gasteiger partial charge < -0.3 is 19.9 Å². The number of rotatable bonds is 7. The number of nitrogens with one attached hydrogen (secondary N) is 1. The van der Waals surface area contributed by atoms with E-state index in [0.717, 1.165) is 24.2 Å². The number of ether oxygens (including phenoxy) is 1. The summed E-state index contributed by atoms with van der Waals surface area (Å²) in [5.74, 6) is 0.945. The van der Waals surface area contributed by atoms with Gasteiger partial charge in [-0.25, -0.2) is 4.79 Å². The molecule has 3 amide bonds. The maximum absolute atomic E-state index is 12.9. The van der Waals surface area contributed by atoms with Gasteiger partial charge in [-0.15, -0.1) is 0 Å². The largest absolute Gasteiger partial charge is 0.494 e. The van der Waals surface area contributed by atoms with Crippen LogP contribution in [0.2, 0.25) is 0 Å². The average molecular weight is 359 g/mol. The van der Waals surface area contributed by atoms with E-state index in [2.05, 4.69) is 5.32 Å². The van der Waals surface area contributed by atoms with Gasteiger partial charge >= 0.3 is 6.03 Å². The van der Waals surface area contributed by atoms with Gasteiger partial charge in [0.1, 0.15) is 5.75 Å². The monoisotopic (exact) mass is 359 g/mol. The molecule has 1 aromatic rings. The molecule has 1 heterocycles. The first-order chi connectivity index (χ1) is 12.5. The highest BCUT2D eigenvalue weighted by molar-refractivity contribution is 5.82. The summed E-state index contributed by atoms with van der Waals surface area (Å²) >= 11 is 0. The maximum atomic E-state index is 12.9. The Labute approximate surface area is 155 Å². The van der Waals surface area contributed by atoms with Gasteiger partial charge in [-0.05, 0) is 39.7 Å².